The lowest BCUT2D eigenvalue weighted by Gasteiger charge is -2.35. The highest BCUT2D eigenvalue weighted by Gasteiger charge is 2.54. The van der Waals surface area contributed by atoms with Crippen LogP contribution in [-0.4, -0.2) is 30.5 Å². The van der Waals surface area contributed by atoms with Crippen LogP contribution < -0.4 is 0 Å². The van der Waals surface area contributed by atoms with Crippen LogP contribution in [0.1, 0.15) is 30.1 Å². The number of carbonyl (C=O) groups excluding carboxylic acids is 1. The average Bonchev–Trinajstić information content (AvgIpc) is 3.44. The molecule has 2 aliphatic rings. The van der Waals surface area contributed by atoms with Gasteiger partial charge >= 0.3 is 0 Å². The van der Waals surface area contributed by atoms with Crippen molar-refractivity contribution in [2.45, 2.75) is 24.4 Å². The summed E-state index contributed by atoms with van der Waals surface area (Å²) in [7, 11) is 0. The largest absolute Gasteiger partial charge is 0.370 e. The number of hydrogen-bond acceptors (Lipinski definition) is 2. The van der Waals surface area contributed by atoms with Gasteiger partial charge in [-0.3, -0.25) is 4.79 Å². The zero-order valence-electron chi connectivity index (χ0n) is 13.8. The Morgan fingerprint density at radius 2 is 1.88 bits per heavy atom. The normalized spacial score (nSPS) is 21.8. The quantitative estimate of drug-likeness (QED) is 0.825. The van der Waals surface area contributed by atoms with E-state index in [4.69, 9.17) is 16.3 Å². The Hall–Kier alpha value is -1.91. The first-order valence-electron chi connectivity index (χ1n) is 8.52. The van der Waals surface area contributed by atoms with Crippen LogP contribution in [0.15, 0.2) is 48.5 Å². The molecule has 1 atom stereocenters. The summed E-state index contributed by atoms with van der Waals surface area (Å²) in [5.74, 6) is -0.282. The third-order valence-electron chi connectivity index (χ3n) is 5.14. The molecule has 4 rings (SSSR count). The number of nitrogens with zero attached hydrogens (tertiary/aromatic N) is 1. The van der Waals surface area contributed by atoms with Gasteiger partial charge in [0.1, 0.15) is 11.9 Å². The molecular formula is C20H19ClFNO2. The monoisotopic (exact) mass is 359 g/mol. The molecule has 3 nitrogen and oxygen atoms in total. The number of rotatable bonds is 3. The van der Waals surface area contributed by atoms with E-state index in [0.29, 0.717) is 43.1 Å². The van der Waals surface area contributed by atoms with Crippen LogP contribution in [0.2, 0.25) is 5.02 Å². The van der Waals surface area contributed by atoms with Gasteiger partial charge in [0.25, 0.3) is 0 Å². The fraction of sp³-hybridized carbons (Fsp3) is 0.350. The summed E-state index contributed by atoms with van der Waals surface area (Å²) in [6.07, 6.45) is 1.23. The van der Waals surface area contributed by atoms with Gasteiger partial charge in [-0.05, 0) is 36.6 Å². The lowest BCUT2D eigenvalue weighted by atomic mass is 9.93. The third kappa shape index (κ3) is 3.05. The van der Waals surface area contributed by atoms with Crippen molar-refractivity contribution >= 4 is 17.5 Å². The molecule has 25 heavy (non-hydrogen) atoms. The van der Waals surface area contributed by atoms with Crippen molar-refractivity contribution < 1.29 is 13.9 Å². The second kappa shape index (κ2) is 6.43. The molecule has 0 bridgehead atoms. The van der Waals surface area contributed by atoms with Gasteiger partial charge in [-0.1, -0.05) is 41.9 Å². The Balaban J connectivity index is 1.54. The Labute approximate surface area is 151 Å². The van der Waals surface area contributed by atoms with E-state index in [-0.39, 0.29) is 17.8 Å². The minimum Gasteiger partial charge on any atom is -0.370 e. The van der Waals surface area contributed by atoms with E-state index in [9.17, 15) is 9.18 Å². The first kappa shape index (κ1) is 16.6. The minimum absolute atomic E-state index is 0.0138. The summed E-state index contributed by atoms with van der Waals surface area (Å²) >= 11 is 5.94. The fourth-order valence-electron chi connectivity index (χ4n) is 3.59. The van der Waals surface area contributed by atoms with Crippen molar-refractivity contribution in [3.8, 4) is 0 Å². The predicted octanol–water partition coefficient (Wildman–Crippen LogP) is 4.11. The summed E-state index contributed by atoms with van der Waals surface area (Å²) in [6.45, 7) is 1.50. The molecule has 1 saturated carbocycles. The number of morpholine rings is 1. The number of carbonyl (C=O) groups is 1. The molecule has 1 unspecified atom stereocenters. The van der Waals surface area contributed by atoms with E-state index in [1.54, 1.807) is 18.2 Å². The molecule has 2 fully saturated rings. The van der Waals surface area contributed by atoms with Crippen molar-refractivity contribution in [1.29, 1.82) is 0 Å². The van der Waals surface area contributed by atoms with E-state index in [0.717, 1.165) is 5.56 Å². The Morgan fingerprint density at radius 1 is 1.16 bits per heavy atom. The summed E-state index contributed by atoms with van der Waals surface area (Å²) in [4.78, 5) is 15.0. The molecule has 2 aromatic carbocycles. The molecule has 0 aromatic heterocycles. The highest BCUT2D eigenvalue weighted by Crippen LogP contribution is 2.50. The summed E-state index contributed by atoms with van der Waals surface area (Å²) in [5.41, 5.74) is 0.833. The van der Waals surface area contributed by atoms with Crippen LogP contribution in [0, 0.1) is 5.82 Å². The molecule has 1 heterocycles. The topological polar surface area (TPSA) is 29.5 Å². The lowest BCUT2D eigenvalue weighted by Crippen LogP contribution is -2.47. The highest BCUT2D eigenvalue weighted by molar-refractivity contribution is 6.30. The molecule has 1 aliphatic heterocycles. The van der Waals surface area contributed by atoms with Crippen LogP contribution in [0.4, 0.5) is 4.39 Å². The average molecular weight is 360 g/mol. The molecule has 0 spiro atoms. The molecule has 130 valence electrons. The van der Waals surface area contributed by atoms with Gasteiger partial charge in [0.2, 0.25) is 5.91 Å². The lowest BCUT2D eigenvalue weighted by molar-refractivity contribution is -0.141. The van der Waals surface area contributed by atoms with E-state index < -0.39 is 5.41 Å². The van der Waals surface area contributed by atoms with E-state index in [2.05, 4.69) is 0 Å². The summed E-state index contributed by atoms with van der Waals surface area (Å²) in [5, 5.41) is 0.670. The predicted molar refractivity (Wildman–Crippen MR) is 94.0 cm³/mol. The molecule has 1 aliphatic carbocycles. The molecule has 5 heteroatoms. The molecule has 0 radical (unpaired) electrons. The number of benzene rings is 2. The molecule has 1 amide bonds. The standard InChI is InChI=1S/C20H19ClFNO2/c21-15-7-5-14(6-8-15)18-13-23(11-12-25-18)19(24)20(9-10-20)16-3-1-2-4-17(16)22/h1-8,18H,9-13H2. The van der Waals surface area contributed by atoms with Crippen molar-refractivity contribution in [1.82, 2.24) is 4.90 Å². The second-order valence-corrected chi connectivity index (χ2v) is 7.16. The SMILES string of the molecule is O=C(N1CCOC(c2ccc(Cl)cc2)C1)C1(c2ccccc2F)CC1. The van der Waals surface area contributed by atoms with Gasteiger partial charge < -0.3 is 9.64 Å². The van der Waals surface area contributed by atoms with Crippen LogP contribution in [0.3, 0.4) is 0 Å². The second-order valence-electron chi connectivity index (χ2n) is 6.72. The Morgan fingerprint density at radius 3 is 2.56 bits per heavy atom. The van der Waals surface area contributed by atoms with Crippen LogP contribution in [-0.2, 0) is 14.9 Å². The van der Waals surface area contributed by atoms with Gasteiger partial charge in [0.15, 0.2) is 0 Å². The first-order chi connectivity index (χ1) is 12.1. The van der Waals surface area contributed by atoms with E-state index in [1.807, 2.05) is 29.2 Å². The van der Waals surface area contributed by atoms with Gasteiger partial charge in [0.05, 0.1) is 18.6 Å². The van der Waals surface area contributed by atoms with Gasteiger partial charge in [-0.25, -0.2) is 4.39 Å². The van der Waals surface area contributed by atoms with Crippen molar-refractivity contribution in [3.05, 3.63) is 70.5 Å². The molecular weight excluding hydrogens is 341 g/mol. The number of halogens is 2. The molecule has 0 N–H and O–H groups in total. The number of ether oxygens (including phenoxy) is 1. The molecule has 2 aromatic rings. The Bertz CT molecular complexity index is 789. The van der Waals surface area contributed by atoms with Crippen molar-refractivity contribution in [2.75, 3.05) is 19.7 Å². The molecule has 1 saturated heterocycles. The Kier molecular flexibility index (Phi) is 4.26. The third-order valence-corrected chi connectivity index (χ3v) is 5.40. The first-order valence-corrected chi connectivity index (χ1v) is 8.89. The summed E-state index contributed by atoms with van der Waals surface area (Å²) < 4.78 is 20.1. The maximum atomic E-state index is 14.2. The number of amides is 1. The van der Waals surface area contributed by atoms with Gasteiger partial charge in [0, 0.05) is 17.1 Å². The number of hydrogen-bond donors (Lipinski definition) is 0. The minimum atomic E-state index is -0.687. The smallest absolute Gasteiger partial charge is 0.233 e. The zero-order valence-corrected chi connectivity index (χ0v) is 14.5. The van der Waals surface area contributed by atoms with E-state index >= 15 is 0 Å². The van der Waals surface area contributed by atoms with Gasteiger partial charge in [-0.2, -0.15) is 0 Å². The summed E-state index contributed by atoms with van der Waals surface area (Å²) in [6, 6.07) is 14.1. The van der Waals surface area contributed by atoms with Crippen LogP contribution in [0.25, 0.3) is 0 Å². The fourth-order valence-corrected chi connectivity index (χ4v) is 3.71. The van der Waals surface area contributed by atoms with Crippen LogP contribution in [0.5, 0.6) is 0 Å². The van der Waals surface area contributed by atoms with Gasteiger partial charge in [-0.15, -0.1) is 0 Å². The zero-order chi connectivity index (χ0) is 17.4. The van der Waals surface area contributed by atoms with E-state index in [1.165, 1.54) is 6.07 Å². The maximum absolute atomic E-state index is 14.2. The van der Waals surface area contributed by atoms with Crippen molar-refractivity contribution in [2.24, 2.45) is 0 Å². The maximum Gasteiger partial charge on any atom is 0.233 e. The highest BCUT2D eigenvalue weighted by atomic mass is 35.5. The van der Waals surface area contributed by atoms with Crippen molar-refractivity contribution in [3.63, 3.8) is 0 Å². The van der Waals surface area contributed by atoms with Crippen LogP contribution >= 0.6 is 11.6 Å².